The summed E-state index contributed by atoms with van der Waals surface area (Å²) >= 11 is 0. The highest BCUT2D eigenvalue weighted by Gasteiger charge is 2.32. The summed E-state index contributed by atoms with van der Waals surface area (Å²) in [5.41, 5.74) is 3.60. The molecule has 0 fully saturated rings. The molecule has 0 aliphatic heterocycles. The second-order valence-corrected chi connectivity index (χ2v) is 12.7. The minimum absolute atomic E-state index is 0.0568. The second kappa shape index (κ2) is 18.6. The summed E-state index contributed by atoms with van der Waals surface area (Å²) in [6.45, 7) is 15.2. The maximum Gasteiger partial charge on any atom is 0.122 e. The molecule has 0 saturated carbocycles. The lowest BCUT2D eigenvalue weighted by atomic mass is 9.70. The maximum atomic E-state index is 10.9. The number of ether oxygens (including phenoxy) is 3. The zero-order chi connectivity index (χ0) is 31.9. The van der Waals surface area contributed by atoms with Crippen LogP contribution < -0.4 is 9.47 Å². The van der Waals surface area contributed by atoms with Crippen molar-refractivity contribution in [1.29, 1.82) is 0 Å². The molecular formula is C37H60O6. The lowest BCUT2D eigenvalue weighted by molar-refractivity contribution is -0.113. The van der Waals surface area contributed by atoms with Crippen molar-refractivity contribution in [2.45, 2.75) is 136 Å². The highest BCUT2D eigenvalue weighted by Crippen LogP contribution is 2.41. The summed E-state index contributed by atoms with van der Waals surface area (Å²) in [6.07, 6.45) is 10.2. The molecule has 244 valence electrons. The van der Waals surface area contributed by atoms with Crippen LogP contribution >= 0.6 is 0 Å². The first-order valence-electron chi connectivity index (χ1n) is 16.6. The largest absolute Gasteiger partial charge is 0.491 e. The summed E-state index contributed by atoms with van der Waals surface area (Å²) in [5.74, 6) is 1.48. The Morgan fingerprint density at radius 1 is 0.698 bits per heavy atom. The van der Waals surface area contributed by atoms with E-state index >= 15 is 0 Å². The Kier molecular flexibility index (Phi) is 16.1. The lowest BCUT2D eigenvalue weighted by Gasteiger charge is -2.34. The van der Waals surface area contributed by atoms with Gasteiger partial charge in [-0.3, -0.25) is 0 Å². The van der Waals surface area contributed by atoms with Crippen LogP contribution in [0.25, 0.3) is 0 Å². The minimum atomic E-state index is -0.896. The molecular weight excluding hydrogens is 540 g/mol. The smallest absolute Gasteiger partial charge is 0.122 e. The van der Waals surface area contributed by atoms with E-state index in [-0.39, 0.29) is 25.2 Å². The zero-order valence-electron chi connectivity index (χ0n) is 28.1. The molecule has 43 heavy (non-hydrogen) atoms. The molecule has 0 radical (unpaired) electrons. The number of aliphatic hydroxyl groups excluding tert-OH is 3. The van der Waals surface area contributed by atoms with Gasteiger partial charge in [-0.2, -0.15) is 0 Å². The zero-order valence-corrected chi connectivity index (χ0v) is 28.1. The van der Waals surface area contributed by atoms with Gasteiger partial charge in [0.1, 0.15) is 36.9 Å². The summed E-state index contributed by atoms with van der Waals surface area (Å²) in [6, 6.07) is 12.6. The first kappa shape index (κ1) is 37.1. The standard InChI is InChI=1S/C37H60O6/c1-8-11-12-13-14-15-16-17-22-43-36(6,7)35(40)27-42-34-21-19-31(24-29(34)5)37(9-2,10-3)30-18-20-33(28(4)23-30)41-26-32(39)25-38/h18-21,23-24,32,35,38-40H,8-17,22,25-27H2,1-7H3/t32-,35+/m0/s1. The third-order valence-electron chi connectivity index (χ3n) is 8.98. The van der Waals surface area contributed by atoms with Crippen LogP contribution in [0.1, 0.15) is 121 Å². The van der Waals surface area contributed by atoms with Crippen molar-refractivity contribution in [3.05, 3.63) is 58.7 Å². The first-order chi connectivity index (χ1) is 20.5. The number of aryl methyl sites for hydroxylation is 2. The minimum Gasteiger partial charge on any atom is -0.491 e. The van der Waals surface area contributed by atoms with Gasteiger partial charge in [0.05, 0.1) is 12.2 Å². The predicted molar refractivity (Wildman–Crippen MR) is 176 cm³/mol. The summed E-state index contributed by atoms with van der Waals surface area (Å²) in [5, 5.41) is 29.6. The Morgan fingerprint density at radius 3 is 1.65 bits per heavy atom. The lowest BCUT2D eigenvalue weighted by Crippen LogP contribution is -2.43. The summed E-state index contributed by atoms with van der Waals surface area (Å²) < 4.78 is 17.9. The van der Waals surface area contributed by atoms with E-state index in [0.717, 1.165) is 36.1 Å². The molecule has 0 aromatic heterocycles. The molecule has 0 saturated heterocycles. The van der Waals surface area contributed by atoms with Crippen LogP contribution in [0, 0.1) is 13.8 Å². The van der Waals surface area contributed by atoms with Gasteiger partial charge in [-0.05, 0) is 81.3 Å². The van der Waals surface area contributed by atoms with Gasteiger partial charge < -0.3 is 29.5 Å². The van der Waals surface area contributed by atoms with E-state index in [0.29, 0.717) is 12.4 Å². The molecule has 0 unspecified atom stereocenters. The molecule has 6 nitrogen and oxygen atoms in total. The SMILES string of the molecule is CCCCCCCCCCOC(C)(C)[C@H](O)COc1ccc(C(CC)(CC)c2ccc(OC[C@@H](O)CO)c(C)c2)cc1C. The fourth-order valence-corrected chi connectivity index (χ4v) is 5.73. The van der Waals surface area contributed by atoms with Crippen LogP contribution in [0.4, 0.5) is 0 Å². The Balaban J connectivity index is 2.00. The van der Waals surface area contributed by atoms with Gasteiger partial charge in [-0.25, -0.2) is 0 Å². The molecule has 2 rings (SSSR count). The second-order valence-electron chi connectivity index (χ2n) is 12.7. The van der Waals surface area contributed by atoms with Crippen molar-refractivity contribution < 1.29 is 29.5 Å². The molecule has 3 N–H and O–H groups in total. The van der Waals surface area contributed by atoms with Crippen LogP contribution in [-0.2, 0) is 10.2 Å². The van der Waals surface area contributed by atoms with E-state index in [1.165, 1.54) is 56.1 Å². The topological polar surface area (TPSA) is 88.4 Å². The average molecular weight is 601 g/mol. The fourth-order valence-electron chi connectivity index (χ4n) is 5.73. The van der Waals surface area contributed by atoms with Crippen LogP contribution in [-0.4, -0.2) is 59.6 Å². The van der Waals surface area contributed by atoms with Crippen molar-refractivity contribution in [2.24, 2.45) is 0 Å². The van der Waals surface area contributed by atoms with E-state index in [2.05, 4.69) is 52.0 Å². The number of benzene rings is 2. The number of rotatable bonds is 22. The molecule has 2 aromatic rings. The quantitative estimate of drug-likeness (QED) is 0.119. The number of aliphatic hydroxyl groups is 3. The van der Waals surface area contributed by atoms with Crippen molar-refractivity contribution in [1.82, 2.24) is 0 Å². The van der Waals surface area contributed by atoms with Gasteiger partial charge in [0.15, 0.2) is 0 Å². The fraction of sp³-hybridized carbons (Fsp3) is 0.676. The van der Waals surface area contributed by atoms with Gasteiger partial charge in [-0.15, -0.1) is 0 Å². The number of hydrogen-bond donors (Lipinski definition) is 3. The number of hydrogen-bond acceptors (Lipinski definition) is 6. The molecule has 0 spiro atoms. The van der Waals surface area contributed by atoms with Crippen LogP contribution in [0.2, 0.25) is 0 Å². The Bertz CT molecular complexity index is 1060. The monoisotopic (exact) mass is 600 g/mol. The molecule has 2 aromatic carbocycles. The predicted octanol–water partition coefficient (Wildman–Crippen LogP) is 7.82. The van der Waals surface area contributed by atoms with Crippen LogP contribution in [0.5, 0.6) is 11.5 Å². The molecule has 0 aliphatic rings. The molecule has 6 heteroatoms. The first-order valence-corrected chi connectivity index (χ1v) is 16.6. The van der Waals surface area contributed by atoms with Crippen LogP contribution in [0.15, 0.2) is 36.4 Å². The van der Waals surface area contributed by atoms with Gasteiger partial charge >= 0.3 is 0 Å². The third-order valence-corrected chi connectivity index (χ3v) is 8.98. The van der Waals surface area contributed by atoms with Crippen molar-refractivity contribution in [3.63, 3.8) is 0 Å². The van der Waals surface area contributed by atoms with E-state index in [4.69, 9.17) is 19.3 Å². The maximum absolute atomic E-state index is 10.9. The normalized spacial score (nSPS) is 13.6. The van der Waals surface area contributed by atoms with Crippen molar-refractivity contribution >= 4 is 0 Å². The molecule has 2 atom stereocenters. The average Bonchev–Trinajstić information content (AvgIpc) is 2.99. The van der Waals surface area contributed by atoms with Gasteiger partial charge in [0.25, 0.3) is 0 Å². The molecule has 0 aliphatic carbocycles. The van der Waals surface area contributed by atoms with Crippen molar-refractivity contribution in [3.8, 4) is 11.5 Å². The van der Waals surface area contributed by atoms with E-state index in [1.807, 2.05) is 32.9 Å². The van der Waals surface area contributed by atoms with E-state index in [1.54, 1.807) is 0 Å². The third kappa shape index (κ3) is 11.1. The highest BCUT2D eigenvalue weighted by atomic mass is 16.5. The van der Waals surface area contributed by atoms with E-state index in [9.17, 15) is 10.2 Å². The Labute approximate surface area is 261 Å². The van der Waals surface area contributed by atoms with Crippen molar-refractivity contribution in [2.75, 3.05) is 26.4 Å². The molecule has 0 bridgehead atoms. The Hall–Kier alpha value is -2.12. The number of unbranched alkanes of at least 4 members (excludes halogenated alkanes) is 7. The van der Waals surface area contributed by atoms with Crippen LogP contribution in [0.3, 0.4) is 0 Å². The molecule has 0 heterocycles. The van der Waals surface area contributed by atoms with Gasteiger partial charge in [0, 0.05) is 12.0 Å². The van der Waals surface area contributed by atoms with E-state index < -0.39 is 17.8 Å². The van der Waals surface area contributed by atoms with Gasteiger partial charge in [0.2, 0.25) is 0 Å². The highest BCUT2D eigenvalue weighted by molar-refractivity contribution is 5.48. The summed E-state index contributed by atoms with van der Waals surface area (Å²) in [4.78, 5) is 0. The molecule has 0 amide bonds. The summed E-state index contributed by atoms with van der Waals surface area (Å²) in [7, 11) is 0. The Morgan fingerprint density at radius 2 is 1.19 bits per heavy atom. The van der Waals surface area contributed by atoms with Gasteiger partial charge in [-0.1, -0.05) is 90.0 Å².